The van der Waals surface area contributed by atoms with Gasteiger partial charge in [-0.1, -0.05) is 127 Å². The second-order valence-electron chi connectivity index (χ2n) is 10.7. The van der Waals surface area contributed by atoms with Crippen LogP contribution in [-0.4, -0.2) is 46.1 Å². The molecule has 0 bridgehead atoms. The number of hydrogen-bond acceptors (Lipinski definition) is 6. The molecule has 3 atom stereocenters. The molecular weight excluding hydrogens is 551 g/mol. The summed E-state index contributed by atoms with van der Waals surface area (Å²) in [6.45, 7) is 6.10. The van der Waals surface area contributed by atoms with Gasteiger partial charge in [-0.2, -0.15) is 0 Å². The molecule has 1 heterocycles. The third kappa shape index (κ3) is 5.76. The molecule has 0 spiro atoms. The zero-order valence-electron chi connectivity index (χ0n) is 25.5. The van der Waals surface area contributed by atoms with E-state index < -0.39 is 36.3 Å². The number of benzene rings is 4. The summed E-state index contributed by atoms with van der Waals surface area (Å²) in [7, 11) is 2.53. The minimum absolute atomic E-state index is 0.0504. The van der Waals surface area contributed by atoms with Crippen LogP contribution in [0.1, 0.15) is 35.6 Å². The molecule has 6 nitrogen and oxygen atoms in total. The molecule has 7 heteroatoms. The maximum Gasteiger partial charge on any atom is 0.465 e. The van der Waals surface area contributed by atoms with Crippen LogP contribution in [0.2, 0.25) is 5.82 Å². The molecule has 4 aromatic carbocycles. The molecule has 1 fully saturated rings. The quantitative estimate of drug-likeness (QED) is 0.0955. The highest BCUT2D eigenvalue weighted by atomic mass is 16.7. The first kappa shape index (κ1) is 31.4. The van der Waals surface area contributed by atoms with Crippen LogP contribution >= 0.6 is 0 Å². The van der Waals surface area contributed by atoms with E-state index >= 15 is 0 Å². The summed E-state index contributed by atoms with van der Waals surface area (Å²) < 4.78 is 32.6. The van der Waals surface area contributed by atoms with E-state index in [-0.39, 0.29) is 19.0 Å². The Morgan fingerprint density at radius 1 is 0.727 bits per heavy atom. The zero-order valence-corrected chi connectivity index (χ0v) is 25.5. The van der Waals surface area contributed by atoms with E-state index in [9.17, 15) is 4.79 Å². The van der Waals surface area contributed by atoms with Crippen LogP contribution in [0.4, 0.5) is 0 Å². The fourth-order valence-electron chi connectivity index (χ4n) is 6.42. The summed E-state index contributed by atoms with van der Waals surface area (Å²) in [5.41, 5.74) is 1.29. The van der Waals surface area contributed by atoms with Gasteiger partial charge in [-0.15, -0.1) is 6.58 Å². The molecule has 1 aliphatic rings. The number of allylic oxidation sites excluding steroid dienone is 1. The summed E-state index contributed by atoms with van der Waals surface area (Å²) in [5, 5.41) is 0. The molecule has 5 rings (SSSR count). The van der Waals surface area contributed by atoms with E-state index in [1.807, 2.05) is 121 Å². The second-order valence-corrected chi connectivity index (χ2v) is 10.7. The lowest BCUT2D eigenvalue weighted by Crippen LogP contribution is -2.56. The largest absolute Gasteiger partial charge is 0.466 e. The lowest BCUT2D eigenvalue weighted by molar-refractivity contribution is -0.143. The molecule has 4 aromatic rings. The van der Waals surface area contributed by atoms with Gasteiger partial charge in [0.05, 0.1) is 13.0 Å². The Morgan fingerprint density at radius 3 is 1.34 bits per heavy atom. The van der Waals surface area contributed by atoms with Gasteiger partial charge in [-0.05, 0) is 29.2 Å². The van der Waals surface area contributed by atoms with Crippen LogP contribution in [0.25, 0.3) is 0 Å². The maximum atomic E-state index is 12.7. The number of rotatable bonds is 13. The van der Waals surface area contributed by atoms with Crippen LogP contribution in [-0.2, 0) is 39.5 Å². The summed E-state index contributed by atoms with van der Waals surface area (Å²) in [5.74, 6) is -0.846. The van der Waals surface area contributed by atoms with E-state index in [1.54, 1.807) is 27.2 Å². The Kier molecular flexibility index (Phi) is 10.1. The normalized spacial score (nSPS) is 17.7. The Balaban J connectivity index is 1.78. The van der Waals surface area contributed by atoms with Crippen molar-refractivity contribution in [3.05, 3.63) is 156 Å². The SMILES string of the molecule is C=C[C@H](CC(=O)OCC)B1O[C@@H](C(OC)(c2ccccc2)c2ccccc2)[C@H](C(OC)(c2ccccc2)c2ccccc2)O1. The molecule has 0 N–H and O–H groups in total. The monoisotopic (exact) mass is 590 g/mol. The Hall–Kier alpha value is -4.01. The predicted molar refractivity (Wildman–Crippen MR) is 172 cm³/mol. The molecule has 0 saturated carbocycles. The summed E-state index contributed by atoms with van der Waals surface area (Å²) >= 11 is 0. The van der Waals surface area contributed by atoms with E-state index in [4.69, 9.17) is 23.5 Å². The Morgan fingerprint density at radius 2 is 1.07 bits per heavy atom. The highest BCUT2D eigenvalue weighted by Crippen LogP contribution is 2.51. The second kappa shape index (κ2) is 14.2. The average Bonchev–Trinajstić information content (AvgIpc) is 3.53. The van der Waals surface area contributed by atoms with Gasteiger partial charge in [0.1, 0.15) is 23.4 Å². The van der Waals surface area contributed by atoms with Crippen molar-refractivity contribution >= 4 is 13.1 Å². The van der Waals surface area contributed by atoms with Gasteiger partial charge >= 0.3 is 13.1 Å². The topological polar surface area (TPSA) is 63.2 Å². The first-order chi connectivity index (χ1) is 21.5. The van der Waals surface area contributed by atoms with Crippen LogP contribution in [0.5, 0.6) is 0 Å². The van der Waals surface area contributed by atoms with Crippen molar-refractivity contribution in [2.45, 2.75) is 42.6 Å². The standard InChI is InChI=1S/C37H39BO6/c1-5-32(27-33(39)42-6-2)38-43-34(36(40-3,28-19-11-7-12-20-28)29-21-13-8-14-22-29)35(44-38)37(41-4,30-23-15-9-16-24-30)31-25-17-10-18-26-31/h5,7-26,32,34-35H,1,6,27H2,2-4H3/t32-,34-,35-/m1/s1. The van der Waals surface area contributed by atoms with Crippen molar-refractivity contribution in [2.75, 3.05) is 20.8 Å². The van der Waals surface area contributed by atoms with Crippen molar-refractivity contribution in [2.24, 2.45) is 0 Å². The van der Waals surface area contributed by atoms with Gasteiger partial charge in [-0.25, -0.2) is 0 Å². The van der Waals surface area contributed by atoms with Gasteiger partial charge in [0.25, 0.3) is 0 Å². The fraction of sp³-hybridized carbons (Fsp3) is 0.270. The smallest absolute Gasteiger partial charge is 0.465 e. The van der Waals surface area contributed by atoms with Crippen molar-refractivity contribution in [1.82, 2.24) is 0 Å². The highest BCUT2D eigenvalue weighted by molar-refractivity contribution is 6.48. The highest BCUT2D eigenvalue weighted by Gasteiger charge is 2.62. The lowest BCUT2D eigenvalue weighted by Gasteiger charge is -2.47. The molecule has 1 aliphatic heterocycles. The van der Waals surface area contributed by atoms with Gasteiger partial charge in [-0.3, -0.25) is 4.79 Å². The summed E-state index contributed by atoms with van der Waals surface area (Å²) in [6.07, 6.45) is 0.231. The molecular formula is C37H39BO6. The molecule has 0 aromatic heterocycles. The molecule has 226 valence electrons. The van der Waals surface area contributed by atoms with Gasteiger partial charge in [0, 0.05) is 20.0 Å². The van der Waals surface area contributed by atoms with E-state index in [0.29, 0.717) is 0 Å². The number of ether oxygens (including phenoxy) is 3. The minimum atomic E-state index is -1.13. The van der Waals surface area contributed by atoms with Crippen molar-refractivity contribution < 1.29 is 28.3 Å². The molecule has 0 unspecified atom stereocenters. The first-order valence-corrected chi connectivity index (χ1v) is 15.0. The van der Waals surface area contributed by atoms with E-state index in [0.717, 1.165) is 22.3 Å². The first-order valence-electron chi connectivity index (χ1n) is 15.0. The molecule has 1 saturated heterocycles. The maximum absolute atomic E-state index is 12.7. The molecule has 0 amide bonds. The van der Waals surface area contributed by atoms with Crippen LogP contribution in [0.3, 0.4) is 0 Å². The number of carbonyl (C=O) groups is 1. The zero-order chi connectivity index (χ0) is 31.0. The number of methoxy groups -OCH3 is 2. The van der Waals surface area contributed by atoms with Crippen LogP contribution in [0.15, 0.2) is 134 Å². The van der Waals surface area contributed by atoms with Crippen molar-refractivity contribution in [3.63, 3.8) is 0 Å². The van der Waals surface area contributed by atoms with Crippen molar-refractivity contribution in [3.8, 4) is 0 Å². The minimum Gasteiger partial charge on any atom is -0.466 e. The molecule has 44 heavy (non-hydrogen) atoms. The van der Waals surface area contributed by atoms with Crippen LogP contribution in [0, 0.1) is 0 Å². The third-order valence-electron chi connectivity index (χ3n) is 8.45. The Labute approximate surface area is 260 Å². The van der Waals surface area contributed by atoms with Crippen LogP contribution < -0.4 is 0 Å². The van der Waals surface area contributed by atoms with Crippen molar-refractivity contribution in [1.29, 1.82) is 0 Å². The van der Waals surface area contributed by atoms with Gasteiger partial charge in [0.2, 0.25) is 0 Å². The van der Waals surface area contributed by atoms with Gasteiger partial charge in [0.15, 0.2) is 0 Å². The van der Waals surface area contributed by atoms with E-state index in [2.05, 4.69) is 6.58 Å². The summed E-state index contributed by atoms with van der Waals surface area (Å²) in [4.78, 5) is 12.7. The summed E-state index contributed by atoms with van der Waals surface area (Å²) in [6, 6.07) is 40.1. The number of hydrogen-bond donors (Lipinski definition) is 0. The predicted octanol–water partition coefficient (Wildman–Crippen LogP) is 6.95. The van der Waals surface area contributed by atoms with E-state index in [1.165, 1.54) is 0 Å². The lowest BCUT2D eigenvalue weighted by atomic mass is 9.70. The molecule has 0 radical (unpaired) electrons. The fourth-order valence-corrected chi connectivity index (χ4v) is 6.42. The Bertz CT molecular complexity index is 1300. The third-order valence-corrected chi connectivity index (χ3v) is 8.45. The number of esters is 1. The number of carbonyl (C=O) groups excluding carboxylic acids is 1. The van der Waals surface area contributed by atoms with Gasteiger partial charge < -0.3 is 23.5 Å². The average molecular weight is 591 g/mol. The molecule has 0 aliphatic carbocycles.